The van der Waals surface area contributed by atoms with Crippen LogP contribution < -0.4 is 15.0 Å². The third kappa shape index (κ3) is 4.19. The summed E-state index contributed by atoms with van der Waals surface area (Å²) in [5.41, 5.74) is 2.34. The summed E-state index contributed by atoms with van der Waals surface area (Å²) in [5.74, 6) is 0.329. The third-order valence-electron chi connectivity index (χ3n) is 4.69. The highest BCUT2D eigenvalue weighted by Crippen LogP contribution is 2.36. The van der Waals surface area contributed by atoms with Gasteiger partial charge in [0.05, 0.1) is 5.69 Å². The molecule has 7 heteroatoms. The lowest BCUT2D eigenvalue weighted by molar-refractivity contribution is -0.125. The topological polar surface area (TPSA) is 71.8 Å². The molecule has 0 bridgehead atoms. The van der Waals surface area contributed by atoms with Crippen LogP contribution >= 0.6 is 15.9 Å². The molecule has 1 aliphatic rings. The van der Waals surface area contributed by atoms with Crippen molar-refractivity contribution < 1.29 is 18.7 Å². The Labute approximate surface area is 176 Å². The monoisotopic (exact) mass is 454 g/mol. The van der Waals surface area contributed by atoms with E-state index in [4.69, 9.17) is 9.15 Å². The van der Waals surface area contributed by atoms with Gasteiger partial charge in [-0.1, -0.05) is 30.3 Å². The van der Waals surface area contributed by atoms with E-state index in [1.807, 2.05) is 30.3 Å². The average molecular weight is 455 g/mol. The normalized spacial score (nSPS) is 15.6. The molecule has 0 fully saturated rings. The van der Waals surface area contributed by atoms with E-state index in [9.17, 15) is 9.59 Å². The molecule has 1 aromatic heterocycles. The fraction of sp³-hybridized carbons (Fsp3) is 0.182. The summed E-state index contributed by atoms with van der Waals surface area (Å²) in [6, 6.07) is 18.5. The number of nitrogens with zero attached hydrogens (tertiary/aromatic N) is 1. The highest BCUT2D eigenvalue weighted by Gasteiger charge is 2.31. The van der Waals surface area contributed by atoms with E-state index in [2.05, 4.69) is 21.2 Å². The van der Waals surface area contributed by atoms with Crippen LogP contribution in [-0.4, -0.2) is 24.5 Å². The minimum absolute atomic E-state index is 0.105. The van der Waals surface area contributed by atoms with E-state index in [-0.39, 0.29) is 17.6 Å². The van der Waals surface area contributed by atoms with E-state index >= 15 is 0 Å². The van der Waals surface area contributed by atoms with Gasteiger partial charge in [0, 0.05) is 12.2 Å². The molecule has 1 N–H and O–H groups in total. The second kappa shape index (κ2) is 8.13. The molecule has 2 amide bonds. The molecule has 148 valence electrons. The summed E-state index contributed by atoms with van der Waals surface area (Å²) >= 11 is 3.18. The number of benzene rings is 2. The summed E-state index contributed by atoms with van der Waals surface area (Å²) in [7, 11) is 0. The summed E-state index contributed by atoms with van der Waals surface area (Å²) in [4.78, 5) is 26.8. The Morgan fingerprint density at radius 1 is 1.14 bits per heavy atom. The van der Waals surface area contributed by atoms with Crippen LogP contribution in [0.1, 0.15) is 23.0 Å². The van der Waals surface area contributed by atoms with Crippen molar-refractivity contribution in [3.8, 4) is 5.75 Å². The lowest BCUT2D eigenvalue weighted by Gasteiger charge is -2.33. The van der Waals surface area contributed by atoms with E-state index in [0.717, 1.165) is 12.0 Å². The number of fused-ring (bicyclic) bond motifs is 1. The maximum Gasteiger partial charge on any atom is 0.291 e. The Morgan fingerprint density at radius 2 is 1.93 bits per heavy atom. The van der Waals surface area contributed by atoms with Crippen molar-refractivity contribution in [3.63, 3.8) is 0 Å². The molecule has 0 saturated carbocycles. The van der Waals surface area contributed by atoms with Crippen molar-refractivity contribution in [2.24, 2.45) is 0 Å². The zero-order chi connectivity index (χ0) is 20.4. The lowest BCUT2D eigenvalue weighted by atomic mass is 10.1. The first-order valence-corrected chi connectivity index (χ1v) is 10.0. The Hall–Kier alpha value is -3.06. The number of nitrogens with one attached hydrogen (secondary N) is 1. The van der Waals surface area contributed by atoms with Gasteiger partial charge in [-0.2, -0.15) is 0 Å². The van der Waals surface area contributed by atoms with Gasteiger partial charge >= 0.3 is 0 Å². The van der Waals surface area contributed by atoms with Crippen LogP contribution in [0.3, 0.4) is 0 Å². The van der Waals surface area contributed by atoms with Gasteiger partial charge in [0.2, 0.25) is 0 Å². The number of carbonyl (C=O) groups is 2. The summed E-state index contributed by atoms with van der Waals surface area (Å²) < 4.78 is 11.5. The third-order valence-corrected chi connectivity index (χ3v) is 5.12. The van der Waals surface area contributed by atoms with Gasteiger partial charge in [0.1, 0.15) is 5.75 Å². The molecular weight excluding hydrogens is 436 g/mol. The molecule has 0 radical (unpaired) electrons. The van der Waals surface area contributed by atoms with Crippen LogP contribution in [0, 0.1) is 0 Å². The Balaban J connectivity index is 1.57. The van der Waals surface area contributed by atoms with Crippen molar-refractivity contribution in [2.45, 2.75) is 19.4 Å². The van der Waals surface area contributed by atoms with Crippen molar-refractivity contribution in [2.75, 3.05) is 16.8 Å². The zero-order valence-corrected chi connectivity index (χ0v) is 17.3. The fourth-order valence-corrected chi connectivity index (χ4v) is 3.54. The van der Waals surface area contributed by atoms with Crippen molar-refractivity contribution in [3.05, 3.63) is 76.7 Å². The van der Waals surface area contributed by atoms with Crippen molar-refractivity contribution >= 4 is 39.1 Å². The number of anilines is 2. The average Bonchev–Trinajstić information content (AvgIpc) is 3.16. The molecule has 1 unspecified atom stereocenters. The molecule has 1 atom stereocenters. The molecular formula is C22H19BrN2O4. The first-order valence-electron chi connectivity index (χ1n) is 9.24. The predicted octanol–water partition coefficient (Wildman–Crippen LogP) is 4.65. The largest absolute Gasteiger partial charge is 0.479 e. The minimum atomic E-state index is -0.556. The SMILES string of the molecule is CC1Oc2ccc(NC(=O)c3ccc(Br)o3)cc2N(CCc2ccccc2)C1=O. The fourth-order valence-electron chi connectivity index (χ4n) is 3.23. The van der Waals surface area contributed by atoms with Crippen LogP contribution in [0.2, 0.25) is 0 Å². The number of ether oxygens (including phenoxy) is 1. The van der Waals surface area contributed by atoms with Crippen LogP contribution in [0.5, 0.6) is 5.75 Å². The molecule has 2 heterocycles. The number of rotatable bonds is 5. The molecule has 0 aliphatic carbocycles. The number of halogens is 1. The van der Waals surface area contributed by atoms with Gasteiger partial charge in [-0.25, -0.2) is 0 Å². The van der Waals surface area contributed by atoms with Crippen LogP contribution in [0.25, 0.3) is 0 Å². The highest BCUT2D eigenvalue weighted by molar-refractivity contribution is 9.10. The number of hydrogen-bond donors (Lipinski definition) is 1. The molecule has 6 nitrogen and oxygen atoms in total. The number of carbonyl (C=O) groups excluding carboxylic acids is 2. The van der Waals surface area contributed by atoms with Crippen LogP contribution in [-0.2, 0) is 11.2 Å². The minimum Gasteiger partial charge on any atom is -0.479 e. The second-order valence-electron chi connectivity index (χ2n) is 6.73. The molecule has 3 aromatic rings. The second-order valence-corrected chi connectivity index (χ2v) is 7.51. The number of amides is 2. The maximum atomic E-state index is 12.8. The van der Waals surface area contributed by atoms with Gasteiger partial charge in [0.15, 0.2) is 16.5 Å². The first kappa shape index (κ1) is 19.3. The van der Waals surface area contributed by atoms with Crippen LogP contribution in [0.15, 0.2) is 69.8 Å². The highest BCUT2D eigenvalue weighted by atomic mass is 79.9. The molecule has 1 aliphatic heterocycles. The standard InChI is InChI=1S/C22H19BrN2O4/c1-14-22(27)25(12-11-15-5-3-2-4-6-15)17-13-16(7-8-18(17)28-14)24-21(26)19-9-10-20(23)29-19/h2-10,13-14H,11-12H2,1H3,(H,24,26). The first-order chi connectivity index (χ1) is 14.0. The summed E-state index contributed by atoms with van der Waals surface area (Å²) in [6.45, 7) is 2.26. The van der Waals surface area contributed by atoms with E-state index in [0.29, 0.717) is 28.3 Å². The van der Waals surface area contributed by atoms with E-state index in [1.165, 1.54) is 0 Å². The van der Waals surface area contributed by atoms with Gasteiger partial charge in [-0.05, 0) is 65.2 Å². The van der Waals surface area contributed by atoms with Gasteiger partial charge in [0.25, 0.3) is 11.8 Å². The van der Waals surface area contributed by atoms with Crippen LogP contribution in [0.4, 0.5) is 11.4 Å². The smallest absolute Gasteiger partial charge is 0.291 e. The quantitative estimate of drug-likeness (QED) is 0.608. The Bertz CT molecular complexity index is 1050. The maximum absolute atomic E-state index is 12.8. The van der Waals surface area contributed by atoms with Gasteiger partial charge in [-0.15, -0.1) is 0 Å². The molecule has 4 rings (SSSR count). The molecule has 0 spiro atoms. The summed E-state index contributed by atoms with van der Waals surface area (Å²) in [6.07, 6.45) is 0.162. The molecule has 2 aromatic carbocycles. The lowest BCUT2D eigenvalue weighted by Crippen LogP contribution is -2.45. The zero-order valence-electron chi connectivity index (χ0n) is 15.7. The van der Waals surface area contributed by atoms with Crippen molar-refractivity contribution in [1.82, 2.24) is 0 Å². The molecule has 0 saturated heterocycles. The van der Waals surface area contributed by atoms with E-state index < -0.39 is 6.10 Å². The van der Waals surface area contributed by atoms with E-state index in [1.54, 1.807) is 42.2 Å². The Kier molecular flexibility index (Phi) is 5.40. The summed E-state index contributed by atoms with van der Waals surface area (Å²) in [5, 5.41) is 2.80. The predicted molar refractivity (Wildman–Crippen MR) is 113 cm³/mol. The van der Waals surface area contributed by atoms with Gasteiger partial charge in [-0.3, -0.25) is 9.59 Å². The Morgan fingerprint density at radius 3 is 2.66 bits per heavy atom. The molecule has 29 heavy (non-hydrogen) atoms. The van der Waals surface area contributed by atoms with Crippen molar-refractivity contribution in [1.29, 1.82) is 0 Å². The van der Waals surface area contributed by atoms with Gasteiger partial charge < -0.3 is 19.4 Å². The number of hydrogen-bond acceptors (Lipinski definition) is 4. The number of furan rings is 1.